The molecule has 1 aromatic carbocycles. The monoisotopic (exact) mass is 499 g/mol. The maximum Gasteiger partial charge on any atom is 0.267 e. The van der Waals surface area contributed by atoms with Crippen molar-refractivity contribution in [3.63, 3.8) is 0 Å². The van der Waals surface area contributed by atoms with Crippen LogP contribution in [0.5, 0.6) is 5.75 Å². The number of benzene rings is 1. The van der Waals surface area contributed by atoms with Crippen LogP contribution in [0, 0.1) is 5.92 Å². The number of amides is 1. The molecule has 1 aromatic rings. The molecule has 10 heteroatoms. The van der Waals surface area contributed by atoms with Gasteiger partial charge in [-0.2, -0.15) is 0 Å². The average molecular weight is 500 g/mol. The van der Waals surface area contributed by atoms with Crippen LogP contribution in [0.3, 0.4) is 0 Å². The number of ether oxygens (including phenoxy) is 3. The Hall–Kier alpha value is -3.37. The van der Waals surface area contributed by atoms with Crippen molar-refractivity contribution in [1.29, 1.82) is 0 Å². The van der Waals surface area contributed by atoms with Crippen molar-refractivity contribution in [2.45, 2.75) is 25.9 Å². The quantitative estimate of drug-likeness (QED) is 0.586. The normalized spacial score (nSPS) is 21.4. The molecule has 35 heavy (non-hydrogen) atoms. The zero-order chi connectivity index (χ0) is 25.2. The lowest BCUT2D eigenvalue weighted by atomic mass is 9.87. The van der Waals surface area contributed by atoms with Gasteiger partial charge in [-0.25, -0.2) is 13.4 Å². The van der Waals surface area contributed by atoms with E-state index in [1.807, 2.05) is 18.4 Å². The minimum atomic E-state index is -3.47. The van der Waals surface area contributed by atoms with E-state index in [1.165, 1.54) is 6.07 Å². The van der Waals surface area contributed by atoms with E-state index in [4.69, 9.17) is 14.2 Å². The number of sulfonamides is 1. The Morgan fingerprint density at radius 2 is 2.06 bits per heavy atom. The Morgan fingerprint density at radius 3 is 2.74 bits per heavy atom. The van der Waals surface area contributed by atoms with Crippen molar-refractivity contribution in [1.82, 2.24) is 4.90 Å². The zero-order valence-electron chi connectivity index (χ0n) is 20.1. The Bertz CT molecular complexity index is 1280. The van der Waals surface area contributed by atoms with E-state index in [1.54, 1.807) is 44.4 Å². The summed E-state index contributed by atoms with van der Waals surface area (Å²) in [5.41, 5.74) is 2.57. The number of carbonyl (C=O) groups is 1. The van der Waals surface area contributed by atoms with E-state index in [9.17, 15) is 13.2 Å². The summed E-state index contributed by atoms with van der Waals surface area (Å²) in [5.74, 6) is 1.27. The summed E-state index contributed by atoms with van der Waals surface area (Å²) in [6.07, 6.45) is 11.8. The smallest absolute Gasteiger partial charge is 0.267 e. The van der Waals surface area contributed by atoms with E-state index < -0.39 is 10.0 Å². The van der Waals surface area contributed by atoms with E-state index in [0.29, 0.717) is 36.5 Å². The first-order chi connectivity index (χ1) is 16.8. The molecule has 0 fully saturated rings. The number of hydrogen-bond donors (Lipinski definition) is 1. The highest BCUT2D eigenvalue weighted by atomic mass is 32.2. The van der Waals surface area contributed by atoms with Crippen LogP contribution >= 0.6 is 0 Å². The van der Waals surface area contributed by atoms with Crippen molar-refractivity contribution >= 4 is 27.5 Å². The second-order valence-corrected chi connectivity index (χ2v) is 10.1. The molecular formula is C25H29N3O6S. The van der Waals surface area contributed by atoms with E-state index in [2.05, 4.69) is 15.8 Å². The maximum atomic E-state index is 13.7. The number of anilines is 1. The largest absolute Gasteiger partial charge is 0.498 e. The number of nitrogens with zero attached hydrogens (tertiary/aromatic N) is 2. The van der Waals surface area contributed by atoms with Crippen LogP contribution in [-0.2, 0) is 19.5 Å². The molecule has 2 atom stereocenters. The van der Waals surface area contributed by atoms with Gasteiger partial charge in [-0.05, 0) is 49.1 Å². The number of nitrogens with one attached hydrogen (secondary N) is 1. The highest BCUT2D eigenvalue weighted by Gasteiger charge is 2.38. The lowest BCUT2D eigenvalue weighted by Crippen LogP contribution is -2.33. The third-order valence-corrected chi connectivity index (χ3v) is 6.55. The van der Waals surface area contributed by atoms with Crippen LogP contribution in [-0.4, -0.2) is 58.2 Å². The Kier molecular flexibility index (Phi) is 7.13. The van der Waals surface area contributed by atoms with Crippen molar-refractivity contribution in [2.24, 2.45) is 10.9 Å². The fourth-order valence-corrected chi connectivity index (χ4v) is 4.95. The molecule has 1 aliphatic carbocycles. The summed E-state index contributed by atoms with van der Waals surface area (Å²) in [5, 5.41) is 0. The number of rotatable bonds is 8. The number of hydrogen-bond acceptors (Lipinski definition) is 7. The topological polar surface area (TPSA) is 107 Å². The predicted octanol–water partition coefficient (Wildman–Crippen LogP) is 3.60. The Morgan fingerprint density at radius 1 is 1.26 bits per heavy atom. The van der Waals surface area contributed by atoms with Gasteiger partial charge in [0, 0.05) is 31.5 Å². The second kappa shape index (κ2) is 10.1. The molecular weight excluding hydrogens is 470 g/mol. The van der Waals surface area contributed by atoms with Crippen LogP contribution in [0.25, 0.3) is 0 Å². The molecule has 4 rings (SSSR count). The molecule has 2 aliphatic heterocycles. The molecule has 9 nitrogen and oxygen atoms in total. The molecule has 0 aromatic heterocycles. The summed E-state index contributed by atoms with van der Waals surface area (Å²) in [6, 6.07) is 4.62. The van der Waals surface area contributed by atoms with E-state index >= 15 is 0 Å². The summed E-state index contributed by atoms with van der Waals surface area (Å²) in [6.45, 7) is 2.11. The van der Waals surface area contributed by atoms with Crippen molar-refractivity contribution in [3.8, 4) is 5.75 Å². The van der Waals surface area contributed by atoms with Gasteiger partial charge in [0.25, 0.3) is 5.91 Å². The lowest BCUT2D eigenvalue weighted by molar-refractivity contribution is 0.0791. The number of allylic oxidation sites excluding steroid dienone is 3. The van der Waals surface area contributed by atoms with Crippen molar-refractivity contribution in [2.75, 3.05) is 31.8 Å². The Balaban J connectivity index is 1.71. The second-order valence-electron chi connectivity index (χ2n) is 8.31. The fraction of sp³-hybridized carbons (Fsp3) is 0.360. The minimum Gasteiger partial charge on any atom is -0.498 e. The number of fused-ring (bicyclic) bond motifs is 1. The number of amidine groups is 1. The third kappa shape index (κ3) is 5.18. The molecule has 0 saturated heterocycles. The number of aliphatic imine (C=N–C) groups is 1. The van der Waals surface area contributed by atoms with Crippen LogP contribution in [0.2, 0.25) is 0 Å². The molecule has 0 saturated carbocycles. The molecule has 1 N–H and O–H groups in total. The van der Waals surface area contributed by atoms with Gasteiger partial charge < -0.3 is 14.2 Å². The lowest BCUT2D eigenvalue weighted by Gasteiger charge is -2.24. The van der Waals surface area contributed by atoms with Crippen LogP contribution in [0.15, 0.2) is 70.7 Å². The summed E-state index contributed by atoms with van der Waals surface area (Å²) in [4.78, 5) is 19.8. The van der Waals surface area contributed by atoms with Gasteiger partial charge in [-0.15, -0.1) is 0 Å². The molecule has 1 amide bonds. The molecule has 3 aliphatic rings. The molecule has 0 spiro atoms. The summed E-state index contributed by atoms with van der Waals surface area (Å²) in [7, 11) is -0.208. The number of carbonyl (C=O) groups excluding carboxylic acids is 1. The molecule has 186 valence electrons. The van der Waals surface area contributed by atoms with Gasteiger partial charge in [0.05, 0.1) is 31.2 Å². The minimum absolute atomic E-state index is 0.0784. The number of methoxy groups -OCH3 is 2. The average Bonchev–Trinajstić information content (AvgIpc) is 3.22. The van der Waals surface area contributed by atoms with Gasteiger partial charge >= 0.3 is 0 Å². The summed E-state index contributed by atoms with van der Waals surface area (Å²) >= 11 is 0. The maximum absolute atomic E-state index is 13.7. The van der Waals surface area contributed by atoms with E-state index in [-0.39, 0.29) is 23.7 Å². The van der Waals surface area contributed by atoms with Crippen LogP contribution in [0.4, 0.5) is 5.69 Å². The highest BCUT2D eigenvalue weighted by molar-refractivity contribution is 7.92. The van der Waals surface area contributed by atoms with Gasteiger partial charge in [-0.1, -0.05) is 12.2 Å². The van der Waals surface area contributed by atoms with Crippen LogP contribution < -0.4 is 9.46 Å². The SMILES string of the molecule is CCOc1cc(NS(C)(=O)=O)ccc1C(=O)N1C=C(C2=CCC(OC)C(OC)=C2)C2CC=CN=C21. The van der Waals surface area contributed by atoms with Gasteiger partial charge in [0.2, 0.25) is 10.0 Å². The zero-order valence-corrected chi connectivity index (χ0v) is 21.0. The molecule has 2 unspecified atom stereocenters. The third-order valence-electron chi connectivity index (χ3n) is 5.94. The van der Waals surface area contributed by atoms with Crippen molar-refractivity contribution in [3.05, 3.63) is 71.3 Å². The van der Waals surface area contributed by atoms with Gasteiger partial charge in [0.1, 0.15) is 23.4 Å². The first kappa shape index (κ1) is 24.7. The predicted molar refractivity (Wildman–Crippen MR) is 134 cm³/mol. The van der Waals surface area contributed by atoms with E-state index in [0.717, 1.165) is 23.2 Å². The standard InChI is InChI=1S/C25H29N3O6S/c1-5-34-22-14-17(27-35(4,30)31)9-10-19(22)25(29)28-15-20(18-7-6-12-26-24(18)28)16-8-11-21(32-2)23(13-16)33-3/h6,8-10,12-15,18,21,27H,5,7,11H2,1-4H3. The van der Waals surface area contributed by atoms with Crippen LogP contribution in [0.1, 0.15) is 30.1 Å². The first-order valence-corrected chi connectivity index (χ1v) is 13.2. The van der Waals surface area contributed by atoms with Gasteiger partial charge in [-0.3, -0.25) is 14.4 Å². The Labute approximate surface area is 205 Å². The molecule has 2 heterocycles. The molecule has 0 bridgehead atoms. The fourth-order valence-electron chi connectivity index (χ4n) is 4.39. The highest BCUT2D eigenvalue weighted by Crippen LogP contribution is 2.39. The first-order valence-electron chi connectivity index (χ1n) is 11.3. The van der Waals surface area contributed by atoms with Crippen molar-refractivity contribution < 1.29 is 27.4 Å². The molecule has 0 radical (unpaired) electrons. The van der Waals surface area contributed by atoms with Gasteiger partial charge in [0.15, 0.2) is 0 Å². The summed E-state index contributed by atoms with van der Waals surface area (Å²) < 4.78 is 42.4.